The summed E-state index contributed by atoms with van der Waals surface area (Å²) in [7, 11) is 0.919. The van der Waals surface area contributed by atoms with Gasteiger partial charge in [0.2, 0.25) is 5.91 Å². The zero-order valence-corrected chi connectivity index (χ0v) is 33.6. The number of aliphatic hydroxyl groups is 1. The Hall–Kier alpha value is -5.30. The zero-order chi connectivity index (χ0) is 39.2. The number of methoxy groups -OCH3 is 2. The van der Waals surface area contributed by atoms with Crippen LogP contribution in [-0.2, 0) is 33.0 Å². The lowest BCUT2D eigenvalue weighted by molar-refractivity contribution is -0.146. The van der Waals surface area contributed by atoms with Crippen LogP contribution < -0.4 is 24.5 Å². The van der Waals surface area contributed by atoms with Crippen LogP contribution in [0.3, 0.4) is 0 Å². The maximum atomic E-state index is 15.3. The number of benzene rings is 4. The molecule has 290 valence electrons. The molecule has 1 aromatic heterocycles. The van der Waals surface area contributed by atoms with E-state index in [4.69, 9.17) is 14.2 Å². The van der Waals surface area contributed by atoms with Gasteiger partial charge >= 0.3 is 0 Å². The summed E-state index contributed by atoms with van der Waals surface area (Å²) in [5, 5.41) is 20.5. The Balaban J connectivity index is 1.16. The van der Waals surface area contributed by atoms with Gasteiger partial charge in [0.1, 0.15) is 11.5 Å². The number of carbonyl (C=O) groups excluding carboxylic acids is 2. The molecule has 11 nitrogen and oxygen atoms in total. The highest BCUT2D eigenvalue weighted by Gasteiger charge is 2.66. The van der Waals surface area contributed by atoms with Gasteiger partial charge < -0.3 is 29.1 Å². The van der Waals surface area contributed by atoms with Gasteiger partial charge in [-0.3, -0.25) is 14.3 Å². The summed E-state index contributed by atoms with van der Waals surface area (Å²) in [5.41, 5.74) is 3.83. The van der Waals surface area contributed by atoms with Crippen molar-refractivity contribution in [2.75, 3.05) is 37.2 Å². The number of amides is 2. The summed E-state index contributed by atoms with van der Waals surface area (Å²) in [6, 6.07) is 31.9. The molecular weight excluding hydrogens is 723 g/mol. The Morgan fingerprint density at radius 3 is 2.38 bits per heavy atom. The second kappa shape index (κ2) is 15.0. The minimum atomic E-state index is -2.39. The number of rotatable bonds is 13. The fraction of sp³-hybridized carbons (Fsp3) is 0.364. The van der Waals surface area contributed by atoms with Crippen molar-refractivity contribution in [2.24, 2.45) is 5.92 Å². The van der Waals surface area contributed by atoms with Gasteiger partial charge in [0.15, 0.2) is 5.60 Å². The average Bonchev–Trinajstić information content (AvgIpc) is 3.87. The van der Waals surface area contributed by atoms with Gasteiger partial charge in [0.05, 0.1) is 58.8 Å². The predicted molar refractivity (Wildman–Crippen MR) is 217 cm³/mol. The lowest BCUT2D eigenvalue weighted by Crippen LogP contribution is -2.51. The lowest BCUT2D eigenvalue weighted by Gasteiger charge is -2.37. The van der Waals surface area contributed by atoms with E-state index < -0.39 is 13.7 Å². The Morgan fingerprint density at radius 2 is 1.70 bits per heavy atom. The Morgan fingerprint density at radius 1 is 0.946 bits per heavy atom. The summed E-state index contributed by atoms with van der Waals surface area (Å²) < 4.78 is 20.5. The molecule has 8 rings (SSSR count). The molecule has 1 spiro atoms. The van der Waals surface area contributed by atoms with E-state index in [0.717, 1.165) is 33.8 Å². The molecule has 3 aliphatic rings. The second-order valence-corrected chi connectivity index (χ2v) is 20.4. The van der Waals surface area contributed by atoms with Gasteiger partial charge in [-0.15, -0.1) is 5.10 Å². The normalized spacial score (nSPS) is 22.4. The molecule has 4 aromatic carbocycles. The lowest BCUT2D eigenvalue weighted by atomic mass is 9.82. The third kappa shape index (κ3) is 6.39. The number of aromatic nitrogens is 3. The van der Waals surface area contributed by atoms with Gasteiger partial charge in [-0.05, 0) is 65.6 Å². The van der Waals surface area contributed by atoms with Crippen molar-refractivity contribution in [3.05, 3.63) is 126 Å². The molecule has 2 saturated heterocycles. The van der Waals surface area contributed by atoms with Crippen LogP contribution in [0.1, 0.15) is 48.1 Å². The van der Waals surface area contributed by atoms with Crippen LogP contribution in [0.4, 0.5) is 11.4 Å². The molecular formula is C44H49N5O6Si. The molecule has 0 saturated carbocycles. The molecule has 2 fully saturated rings. The molecule has 0 aliphatic carbocycles. The molecule has 12 heteroatoms. The minimum Gasteiger partial charge on any atom is -0.497 e. The van der Waals surface area contributed by atoms with E-state index in [0.29, 0.717) is 43.9 Å². The number of hydrogen-bond donors (Lipinski definition) is 1. The number of fused-ring (bicyclic) bond motifs is 2. The van der Waals surface area contributed by atoms with Crippen LogP contribution in [0.5, 0.6) is 11.5 Å². The molecule has 5 atom stereocenters. The van der Waals surface area contributed by atoms with E-state index in [9.17, 15) is 9.90 Å². The summed E-state index contributed by atoms with van der Waals surface area (Å²) in [5.74, 6) is 0.980. The summed E-state index contributed by atoms with van der Waals surface area (Å²) in [6.07, 6.45) is 2.76. The monoisotopic (exact) mass is 771 g/mol. The molecule has 4 heterocycles. The average molecular weight is 772 g/mol. The van der Waals surface area contributed by atoms with Crippen LogP contribution in [0, 0.1) is 5.92 Å². The zero-order valence-electron chi connectivity index (χ0n) is 32.6. The Kier molecular flexibility index (Phi) is 10.1. The van der Waals surface area contributed by atoms with Crippen LogP contribution in [-0.4, -0.2) is 73.5 Å². The van der Waals surface area contributed by atoms with Crippen molar-refractivity contribution in [2.45, 2.75) is 69.1 Å². The molecule has 1 N–H and O–H groups in total. The van der Waals surface area contributed by atoms with Crippen LogP contribution >= 0.6 is 0 Å². The molecule has 1 unspecified atom stereocenters. The fourth-order valence-electron chi connectivity index (χ4n) is 9.34. The SMILES string of the molecule is COc1ccc([Si](C)(C)[C@H]2[C@H](CCn3cc(C(CO)c4ccccc4)nn3)O[C@@]3(C(=O)N(Cc4cccc(N5CCC5=O)c4)c4ccc(OC)cc43)[C@@H]2C)cc1. The van der Waals surface area contributed by atoms with E-state index in [-0.39, 0.29) is 41.9 Å². The maximum absolute atomic E-state index is 15.3. The topological polar surface area (TPSA) is 119 Å². The number of hydrogen-bond acceptors (Lipinski definition) is 8. The third-order valence-electron chi connectivity index (χ3n) is 12.4. The van der Waals surface area contributed by atoms with Crippen molar-refractivity contribution in [3.8, 4) is 11.5 Å². The standard InChI is InChI=1S/C44H49N5O6Si/c1-29-42(56(4,5)35-17-14-33(53-2)15-18-35)40(20-22-47-27-38(45-46-47)36(28-50)31-11-7-6-8-12-31)55-44(29)37-25-34(54-3)16-19-39(37)49(43(44)52)26-30-10-9-13-32(24-30)48-23-21-41(48)51/h6-19,24-25,27,29,36,40,42,50H,20-23,26,28H2,1-5H3/t29-,36?,40+,42-,44+/m1/s1. The molecule has 2 amide bonds. The molecule has 0 radical (unpaired) electrons. The Labute approximate surface area is 328 Å². The smallest absolute Gasteiger partial charge is 0.264 e. The largest absolute Gasteiger partial charge is 0.497 e. The van der Waals surface area contributed by atoms with Gasteiger partial charge in [0.25, 0.3) is 5.91 Å². The van der Waals surface area contributed by atoms with Crippen molar-refractivity contribution in [3.63, 3.8) is 0 Å². The highest BCUT2D eigenvalue weighted by Crippen LogP contribution is 2.60. The van der Waals surface area contributed by atoms with Crippen molar-refractivity contribution < 1.29 is 28.9 Å². The maximum Gasteiger partial charge on any atom is 0.264 e. The second-order valence-electron chi connectivity index (χ2n) is 15.7. The van der Waals surface area contributed by atoms with Crippen LogP contribution in [0.15, 0.2) is 103 Å². The van der Waals surface area contributed by atoms with Gasteiger partial charge in [0, 0.05) is 42.9 Å². The number of β-lactam (4-membered cyclic amide) rings is 1. The van der Waals surface area contributed by atoms with Crippen molar-refractivity contribution in [1.82, 2.24) is 15.0 Å². The first-order valence-corrected chi connectivity index (χ1v) is 22.4. The quantitative estimate of drug-likeness (QED) is 0.114. The van der Waals surface area contributed by atoms with Gasteiger partial charge in [-0.25, -0.2) is 0 Å². The summed E-state index contributed by atoms with van der Waals surface area (Å²) in [6.45, 7) is 8.39. The van der Waals surface area contributed by atoms with E-state index in [1.807, 2.05) is 101 Å². The van der Waals surface area contributed by atoms with E-state index in [2.05, 4.69) is 42.5 Å². The van der Waals surface area contributed by atoms with Gasteiger partial charge in [-0.1, -0.05) is 85.0 Å². The Bertz CT molecular complexity index is 2230. The highest BCUT2D eigenvalue weighted by atomic mass is 28.3. The van der Waals surface area contributed by atoms with Crippen molar-refractivity contribution in [1.29, 1.82) is 0 Å². The molecule has 56 heavy (non-hydrogen) atoms. The van der Waals surface area contributed by atoms with Crippen LogP contribution in [0.25, 0.3) is 0 Å². The first-order chi connectivity index (χ1) is 27.1. The minimum absolute atomic E-state index is 0.0251. The van der Waals surface area contributed by atoms with Gasteiger partial charge in [-0.2, -0.15) is 0 Å². The van der Waals surface area contributed by atoms with E-state index >= 15 is 4.79 Å². The molecule has 0 bridgehead atoms. The third-order valence-corrected chi connectivity index (χ3v) is 16.8. The number of ether oxygens (including phenoxy) is 3. The van der Waals surface area contributed by atoms with E-state index in [1.165, 1.54) is 5.19 Å². The number of nitrogens with zero attached hydrogens (tertiary/aromatic N) is 5. The highest BCUT2D eigenvalue weighted by molar-refractivity contribution is 6.91. The first-order valence-electron chi connectivity index (χ1n) is 19.4. The number of carbonyl (C=O) groups is 2. The number of aryl methyl sites for hydroxylation is 1. The fourth-order valence-corrected chi connectivity index (χ4v) is 13.4. The number of aliphatic hydroxyl groups excluding tert-OH is 1. The van der Waals surface area contributed by atoms with Crippen molar-refractivity contribution >= 4 is 36.4 Å². The summed E-state index contributed by atoms with van der Waals surface area (Å²) >= 11 is 0. The van der Waals surface area contributed by atoms with Crippen LogP contribution in [0.2, 0.25) is 18.6 Å². The molecule has 5 aromatic rings. The number of anilines is 2. The summed E-state index contributed by atoms with van der Waals surface area (Å²) in [4.78, 5) is 31.3. The molecule has 3 aliphatic heterocycles. The first kappa shape index (κ1) is 37.6. The van der Waals surface area contributed by atoms with E-state index in [1.54, 1.807) is 19.1 Å². The predicted octanol–water partition coefficient (Wildman–Crippen LogP) is 6.01.